The summed E-state index contributed by atoms with van der Waals surface area (Å²) in [6.45, 7) is 12.2. The molecule has 0 aromatic heterocycles. The van der Waals surface area contributed by atoms with Crippen LogP contribution in [0.3, 0.4) is 0 Å². The van der Waals surface area contributed by atoms with E-state index in [1.807, 2.05) is 13.0 Å². The Kier molecular flexibility index (Phi) is 7.99. The molecule has 1 aromatic rings. The zero-order valence-corrected chi connectivity index (χ0v) is 15.7. The predicted octanol–water partition coefficient (Wildman–Crippen LogP) is 2.35. The number of ether oxygens (including phenoxy) is 2. The third-order valence-corrected chi connectivity index (χ3v) is 4.83. The highest BCUT2D eigenvalue weighted by atomic mass is 16.5. The van der Waals surface area contributed by atoms with Gasteiger partial charge in [-0.2, -0.15) is 0 Å². The number of carbonyl (C=O) groups is 1. The fraction of sp³-hybridized carbons (Fsp3) is 0.571. The molecule has 1 saturated heterocycles. The van der Waals surface area contributed by atoms with Gasteiger partial charge in [-0.3, -0.25) is 4.79 Å². The van der Waals surface area contributed by atoms with E-state index in [1.165, 1.54) is 11.1 Å². The molecule has 0 radical (unpaired) electrons. The van der Waals surface area contributed by atoms with E-state index in [-0.39, 0.29) is 11.9 Å². The average Bonchev–Trinajstić information content (AvgIpc) is 2.61. The van der Waals surface area contributed by atoms with E-state index in [2.05, 4.69) is 31.7 Å². The van der Waals surface area contributed by atoms with Crippen LogP contribution in [0.25, 0.3) is 0 Å². The van der Waals surface area contributed by atoms with Gasteiger partial charge in [0.25, 0.3) is 0 Å². The van der Waals surface area contributed by atoms with Gasteiger partial charge in [0.1, 0.15) is 5.75 Å². The first-order valence-electron chi connectivity index (χ1n) is 9.47. The van der Waals surface area contributed by atoms with E-state index in [0.717, 1.165) is 57.7 Å². The number of nitrogens with one attached hydrogen (secondary N) is 1. The van der Waals surface area contributed by atoms with Crippen LogP contribution < -0.4 is 9.64 Å². The van der Waals surface area contributed by atoms with E-state index < -0.39 is 0 Å². The zero-order valence-electron chi connectivity index (χ0n) is 15.7. The molecule has 138 valence electrons. The molecule has 0 saturated carbocycles. The van der Waals surface area contributed by atoms with Crippen molar-refractivity contribution in [2.75, 3.05) is 32.8 Å². The number of aryl methyl sites for hydroxylation is 1. The molecule has 1 fully saturated rings. The number of hydrogen-bond acceptors (Lipinski definition) is 3. The molecular weight excluding hydrogens is 314 g/mol. The number of esters is 1. The molecule has 4 nitrogen and oxygen atoms in total. The summed E-state index contributed by atoms with van der Waals surface area (Å²) in [4.78, 5) is 13.3. The number of quaternary nitrogens is 1. The van der Waals surface area contributed by atoms with Crippen LogP contribution in [0.2, 0.25) is 0 Å². The highest BCUT2D eigenvalue weighted by Crippen LogP contribution is 2.21. The third kappa shape index (κ3) is 6.20. The van der Waals surface area contributed by atoms with Gasteiger partial charge in [-0.05, 0) is 31.9 Å². The van der Waals surface area contributed by atoms with Crippen molar-refractivity contribution in [3.63, 3.8) is 0 Å². The van der Waals surface area contributed by atoms with Crippen molar-refractivity contribution in [3.05, 3.63) is 42.0 Å². The van der Waals surface area contributed by atoms with Crippen molar-refractivity contribution in [1.82, 2.24) is 0 Å². The first-order chi connectivity index (χ1) is 12.1. The number of hydrogen-bond donors (Lipinski definition) is 1. The van der Waals surface area contributed by atoms with Crippen molar-refractivity contribution in [2.45, 2.75) is 39.5 Å². The molecule has 0 spiro atoms. The number of benzene rings is 1. The summed E-state index contributed by atoms with van der Waals surface area (Å²) in [6, 6.07) is 6.32. The van der Waals surface area contributed by atoms with Gasteiger partial charge in [-0.15, -0.1) is 6.58 Å². The molecule has 1 aliphatic rings. The molecule has 4 heteroatoms. The van der Waals surface area contributed by atoms with Crippen LogP contribution in [-0.4, -0.2) is 38.8 Å². The summed E-state index contributed by atoms with van der Waals surface area (Å²) in [5.41, 5.74) is 2.45. The molecule has 0 atom stereocenters. The first-order valence-corrected chi connectivity index (χ1v) is 9.47. The van der Waals surface area contributed by atoms with Crippen molar-refractivity contribution in [1.29, 1.82) is 0 Å². The lowest BCUT2D eigenvalue weighted by molar-refractivity contribution is -0.906. The molecule has 0 bridgehead atoms. The first kappa shape index (κ1) is 19.5. The van der Waals surface area contributed by atoms with Gasteiger partial charge in [-0.25, -0.2) is 0 Å². The quantitative estimate of drug-likeness (QED) is 0.424. The molecular formula is C21H32NO3+. The highest BCUT2D eigenvalue weighted by molar-refractivity contribution is 5.72. The molecule has 0 unspecified atom stereocenters. The van der Waals surface area contributed by atoms with Gasteiger partial charge in [0.15, 0.2) is 0 Å². The van der Waals surface area contributed by atoms with Crippen LogP contribution in [-0.2, 0) is 16.0 Å². The largest absolute Gasteiger partial charge is 0.493 e. The number of piperidine rings is 1. The Labute approximate surface area is 151 Å². The summed E-state index contributed by atoms with van der Waals surface area (Å²) in [5.74, 6) is 1.06. The van der Waals surface area contributed by atoms with Crippen LogP contribution >= 0.6 is 0 Å². The Balaban J connectivity index is 1.69. The summed E-state index contributed by atoms with van der Waals surface area (Å²) in [5, 5.41) is 0. The second kappa shape index (κ2) is 10.2. The smallest absolute Gasteiger partial charge is 0.309 e. The summed E-state index contributed by atoms with van der Waals surface area (Å²) in [6.07, 6.45) is 5.66. The summed E-state index contributed by atoms with van der Waals surface area (Å²) < 4.78 is 11.1. The van der Waals surface area contributed by atoms with E-state index in [1.54, 1.807) is 4.90 Å². The van der Waals surface area contributed by atoms with Crippen molar-refractivity contribution >= 4 is 5.97 Å². The second-order valence-corrected chi connectivity index (χ2v) is 6.83. The van der Waals surface area contributed by atoms with Crippen LogP contribution in [0, 0.1) is 12.8 Å². The lowest BCUT2D eigenvalue weighted by atomic mass is 9.97. The Morgan fingerprint density at radius 3 is 2.80 bits per heavy atom. The Hall–Kier alpha value is -1.81. The van der Waals surface area contributed by atoms with Gasteiger partial charge in [0, 0.05) is 19.3 Å². The third-order valence-electron chi connectivity index (χ3n) is 4.83. The molecule has 0 amide bonds. The maximum atomic E-state index is 11.8. The number of likely N-dealkylation sites (tertiary alicyclic amines) is 1. The minimum Gasteiger partial charge on any atom is -0.493 e. The minimum absolute atomic E-state index is 0.0148. The maximum absolute atomic E-state index is 11.8. The number of rotatable bonds is 9. The fourth-order valence-electron chi connectivity index (χ4n) is 3.44. The molecule has 1 heterocycles. The van der Waals surface area contributed by atoms with Crippen molar-refractivity contribution in [3.8, 4) is 5.75 Å². The Bertz CT molecular complexity index is 562. The summed E-state index contributed by atoms with van der Waals surface area (Å²) >= 11 is 0. The lowest BCUT2D eigenvalue weighted by Gasteiger charge is -2.28. The SMILES string of the molecule is C=CCc1cc(C)ccc1OCCC[NH+]1CCC(C(=O)OCC)CC1. The van der Waals surface area contributed by atoms with Gasteiger partial charge in [0.05, 0.1) is 38.8 Å². The standard InChI is InChI=1S/C21H31NO3/c1-4-7-19-16-17(3)8-9-20(19)25-15-6-12-22-13-10-18(11-14-22)21(23)24-5-2/h4,8-9,16,18H,1,5-7,10-15H2,2-3H3/p+1. The van der Waals surface area contributed by atoms with Gasteiger partial charge < -0.3 is 14.4 Å². The van der Waals surface area contributed by atoms with Gasteiger partial charge in [0.2, 0.25) is 0 Å². The topological polar surface area (TPSA) is 40.0 Å². The molecule has 2 rings (SSSR count). The maximum Gasteiger partial charge on any atom is 0.309 e. The minimum atomic E-state index is -0.0148. The number of allylic oxidation sites excluding steroid dienone is 1. The molecule has 1 aliphatic heterocycles. The van der Waals surface area contributed by atoms with Crippen LogP contribution in [0.5, 0.6) is 5.75 Å². The molecule has 25 heavy (non-hydrogen) atoms. The molecule has 1 N–H and O–H groups in total. The Morgan fingerprint density at radius 2 is 2.12 bits per heavy atom. The average molecular weight is 346 g/mol. The Morgan fingerprint density at radius 1 is 1.36 bits per heavy atom. The normalized spacial score (nSPS) is 20.1. The van der Waals surface area contributed by atoms with E-state index in [0.29, 0.717) is 6.61 Å². The van der Waals surface area contributed by atoms with Crippen LogP contribution in [0.1, 0.15) is 37.3 Å². The zero-order chi connectivity index (χ0) is 18.1. The molecule has 0 aliphatic carbocycles. The predicted molar refractivity (Wildman–Crippen MR) is 100 cm³/mol. The van der Waals surface area contributed by atoms with E-state index in [9.17, 15) is 4.79 Å². The molecule has 1 aromatic carbocycles. The highest BCUT2D eigenvalue weighted by Gasteiger charge is 2.27. The monoisotopic (exact) mass is 346 g/mol. The summed E-state index contributed by atoms with van der Waals surface area (Å²) in [7, 11) is 0. The fourth-order valence-corrected chi connectivity index (χ4v) is 3.44. The van der Waals surface area contributed by atoms with Crippen molar-refractivity contribution in [2.24, 2.45) is 5.92 Å². The van der Waals surface area contributed by atoms with Crippen LogP contribution in [0.15, 0.2) is 30.9 Å². The number of carbonyl (C=O) groups excluding carboxylic acids is 1. The van der Waals surface area contributed by atoms with Crippen molar-refractivity contribution < 1.29 is 19.2 Å². The van der Waals surface area contributed by atoms with E-state index in [4.69, 9.17) is 9.47 Å². The second-order valence-electron chi connectivity index (χ2n) is 6.83. The van der Waals surface area contributed by atoms with E-state index >= 15 is 0 Å². The van der Waals surface area contributed by atoms with Crippen LogP contribution in [0.4, 0.5) is 0 Å². The van der Waals surface area contributed by atoms with Gasteiger partial charge >= 0.3 is 5.97 Å². The lowest BCUT2D eigenvalue weighted by Crippen LogP contribution is -3.13. The van der Waals surface area contributed by atoms with Gasteiger partial charge in [-0.1, -0.05) is 23.8 Å².